The van der Waals surface area contributed by atoms with Crippen LogP contribution in [-0.2, 0) is 9.53 Å². The lowest BCUT2D eigenvalue weighted by atomic mass is 9.79. The van der Waals surface area contributed by atoms with Crippen molar-refractivity contribution in [3.8, 4) is 0 Å². The van der Waals surface area contributed by atoms with Gasteiger partial charge in [0.05, 0.1) is 12.7 Å². The fraction of sp³-hybridized carbons (Fsp3) is 0.476. The van der Waals surface area contributed by atoms with Gasteiger partial charge in [0.1, 0.15) is 0 Å². The van der Waals surface area contributed by atoms with E-state index in [1.54, 1.807) is 0 Å². The van der Waals surface area contributed by atoms with Crippen LogP contribution in [0.4, 0.5) is 0 Å². The molecule has 0 fully saturated rings. The summed E-state index contributed by atoms with van der Waals surface area (Å²) in [7, 11) is 1.43. The van der Waals surface area contributed by atoms with Crippen LogP contribution in [-0.4, -0.2) is 13.1 Å². The molecule has 0 saturated heterocycles. The van der Waals surface area contributed by atoms with Gasteiger partial charge in [-0.05, 0) is 31.4 Å². The minimum absolute atomic E-state index is 0.0186. The first kappa shape index (κ1) is 22.0. The molecule has 0 bridgehead atoms. The summed E-state index contributed by atoms with van der Waals surface area (Å²) < 4.78 is 4.98. The van der Waals surface area contributed by atoms with Crippen molar-refractivity contribution in [3.63, 3.8) is 0 Å². The number of carbonyl (C=O) groups excluding carboxylic acids is 1. The van der Waals surface area contributed by atoms with Gasteiger partial charge in [-0.2, -0.15) is 0 Å². The number of ether oxygens (including phenoxy) is 1. The van der Waals surface area contributed by atoms with Crippen LogP contribution in [0.15, 0.2) is 52.9 Å². The number of esters is 1. The SMILES string of the molecule is CC.CC.CCC1=C(C)NC(C)=C(C(=O)OC)C1c1ccccc1. The molecule has 134 valence electrons. The van der Waals surface area contributed by atoms with Gasteiger partial charge in [0.2, 0.25) is 0 Å². The summed E-state index contributed by atoms with van der Waals surface area (Å²) >= 11 is 0. The predicted molar refractivity (Wildman–Crippen MR) is 103 cm³/mol. The lowest BCUT2D eigenvalue weighted by Crippen LogP contribution is -2.28. The molecule has 24 heavy (non-hydrogen) atoms. The van der Waals surface area contributed by atoms with Crippen molar-refractivity contribution < 1.29 is 9.53 Å². The molecule has 0 radical (unpaired) electrons. The molecule has 1 aromatic carbocycles. The molecule has 1 unspecified atom stereocenters. The molecule has 3 heteroatoms. The third kappa shape index (κ3) is 4.98. The van der Waals surface area contributed by atoms with Gasteiger partial charge in [0, 0.05) is 17.3 Å². The van der Waals surface area contributed by atoms with Crippen molar-refractivity contribution in [2.75, 3.05) is 7.11 Å². The molecule has 1 N–H and O–H groups in total. The summed E-state index contributed by atoms with van der Waals surface area (Å²) in [5.41, 5.74) is 5.08. The molecule has 3 nitrogen and oxygen atoms in total. The number of hydrogen-bond acceptors (Lipinski definition) is 3. The highest BCUT2D eigenvalue weighted by molar-refractivity contribution is 5.92. The summed E-state index contributed by atoms with van der Waals surface area (Å²) in [6, 6.07) is 10.1. The fourth-order valence-electron chi connectivity index (χ4n) is 2.90. The van der Waals surface area contributed by atoms with Crippen LogP contribution < -0.4 is 5.32 Å². The molecule has 0 aliphatic carbocycles. The Morgan fingerprint density at radius 2 is 1.58 bits per heavy atom. The second kappa shape index (κ2) is 11.5. The number of allylic oxidation sites excluding steroid dienone is 3. The minimum Gasteiger partial charge on any atom is -0.466 e. The van der Waals surface area contributed by atoms with E-state index in [0.717, 1.165) is 23.4 Å². The monoisotopic (exact) mass is 331 g/mol. The van der Waals surface area contributed by atoms with E-state index < -0.39 is 0 Å². The second-order valence-electron chi connectivity index (χ2n) is 5.00. The average molecular weight is 332 g/mol. The number of methoxy groups -OCH3 is 1. The predicted octanol–water partition coefficient (Wildman–Crippen LogP) is 5.56. The van der Waals surface area contributed by atoms with E-state index in [-0.39, 0.29) is 11.9 Å². The number of dihydropyridines is 1. The van der Waals surface area contributed by atoms with Crippen LogP contribution in [0, 0.1) is 0 Å². The molecule has 0 amide bonds. The molecule has 0 aromatic heterocycles. The minimum atomic E-state index is -0.262. The highest BCUT2D eigenvalue weighted by Crippen LogP contribution is 2.39. The highest BCUT2D eigenvalue weighted by Gasteiger charge is 2.32. The molecule has 1 heterocycles. The molecule has 1 atom stereocenters. The van der Waals surface area contributed by atoms with Gasteiger partial charge in [-0.1, -0.05) is 65.0 Å². The summed E-state index contributed by atoms with van der Waals surface area (Å²) in [5, 5.41) is 3.30. The lowest BCUT2D eigenvalue weighted by Gasteiger charge is -2.31. The molecule has 1 aromatic rings. The van der Waals surface area contributed by atoms with E-state index in [2.05, 4.69) is 31.3 Å². The number of carbonyl (C=O) groups is 1. The molecule has 0 spiro atoms. The van der Waals surface area contributed by atoms with Crippen LogP contribution in [0.25, 0.3) is 0 Å². The van der Waals surface area contributed by atoms with Crippen LogP contribution in [0.2, 0.25) is 0 Å². The van der Waals surface area contributed by atoms with Gasteiger partial charge in [-0.25, -0.2) is 4.79 Å². The number of hydrogen-bond donors (Lipinski definition) is 1. The normalized spacial score (nSPS) is 16.2. The van der Waals surface area contributed by atoms with Gasteiger partial charge in [-0.15, -0.1) is 0 Å². The van der Waals surface area contributed by atoms with Gasteiger partial charge >= 0.3 is 5.97 Å². The van der Waals surface area contributed by atoms with Crippen molar-refractivity contribution in [1.82, 2.24) is 5.32 Å². The van der Waals surface area contributed by atoms with Crippen molar-refractivity contribution in [2.45, 2.75) is 60.8 Å². The Morgan fingerprint density at radius 3 is 2.04 bits per heavy atom. The maximum atomic E-state index is 12.2. The molecule has 0 saturated carbocycles. The zero-order valence-corrected chi connectivity index (χ0v) is 16.5. The van der Waals surface area contributed by atoms with Crippen molar-refractivity contribution in [1.29, 1.82) is 0 Å². The summed E-state index contributed by atoms with van der Waals surface area (Å²) in [6.45, 7) is 14.1. The molecule has 2 rings (SSSR count). The zero-order valence-electron chi connectivity index (χ0n) is 16.5. The van der Waals surface area contributed by atoms with Crippen molar-refractivity contribution >= 4 is 5.97 Å². The van der Waals surface area contributed by atoms with E-state index in [0.29, 0.717) is 5.57 Å². The van der Waals surface area contributed by atoms with Crippen LogP contribution >= 0.6 is 0 Å². The third-order valence-electron chi connectivity index (χ3n) is 3.82. The number of nitrogens with one attached hydrogen (secondary N) is 1. The quantitative estimate of drug-likeness (QED) is 0.737. The van der Waals surface area contributed by atoms with E-state index >= 15 is 0 Å². The van der Waals surface area contributed by atoms with Crippen LogP contribution in [0.3, 0.4) is 0 Å². The van der Waals surface area contributed by atoms with E-state index in [9.17, 15) is 4.79 Å². The van der Waals surface area contributed by atoms with Gasteiger partial charge in [0.25, 0.3) is 0 Å². The third-order valence-corrected chi connectivity index (χ3v) is 3.82. The average Bonchev–Trinajstić information content (AvgIpc) is 2.64. The highest BCUT2D eigenvalue weighted by atomic mass is 16.5. The van der Waals surface area contributed by atoms with Crippen LogP contribution in [0.5, 0.6) is 0 Å². The Bertz CT molecular complexity index is 571. The Morgan fingerprint density at radius 1 is 1.04 bits per heavy atom. The fourth-order valence-corrected chi connectivity index (χ4v) is 2.90. The standard InChI is InChI=1S/C17H21NO2.2C2H6/c1-5-14-11(2)18-12(3)15(17(19)20-4)16(14)13-9-7-6-8-10-13;2*1-2/h6-10,16,18H,5H2,1-4H3;2*1-2H3. The zero-order chi connectivity index (χ0) is 18.7. The summed E-state index contributed by atoms with van der Waals surface area (Å²) in [5.74, 6) is -0.280. The first-order valence-electron chi connectivity index (χ1n) is 8.90. The van der Waals surface area contributed by atoms with Gasteiger partial charge in [-0.3, -0.25) is 0 Å². The van der Waals surface area contributed by atoms with E-state index in [4.69, 9.17) is 4.74 Å². The Hall–Kier alpha value is -2.03. The first-order chi connectivity index (χ1) is 11.6. The Kier molecular flexibility index (Phi) is 10.5. The number of benzene rings is 1. The second-order valence-corrected chi connectivity index (χ2v) is 5.00. The van der Waals surface area contributed by atoms with Gasteiger partial charge < -0.3 is 10.1 Å². The summed E-state index contributed by atoms with van der Waals surface area (Å²) in [4.78, 5) is 12.2. The summed E-state index contributed by atoms with van der Waals surface area (Å²) in [6.07, 6.45) is 0.895. The molecule has 1 aliphatic heterocycles. The van der Waals surface area contributed by atoms with E-state index in [1.807, 2.05) is 52.8 Å². The molecular formula is C21H33NO2. The largest absolute Gasteiger partial charge is 0.466 e. The number of rotatable bonds is 3. The van der Waals surface area contributed by atoms with Crippen LogP contribution in [0.1, 0.15) is 66.4 Å². The Labute approximate surface area is 147 Å². The first-order valence-corrected chi connectivity index (χ1v) is 8.90. The molecule has 1 aliphatic rings. The van der Waals surface area contributed by atoms with E-state index in [1.165, 1.54) is 12.7 Å². The molecular weight excluding hydrogens is 298 g/mol. The van der Waals surface area contributed by atoms with Gasteiger partial charge in [0.15, 0.2) is 0 Å². The Balaban J connectivity index is 0.00000123. The maximum absolute atomic E-state index is 12.2. The topological polar surface area (TPSA) is 38.3 Å². The van der Waals surface area contributed by atoms with Crippen molar-refractivity contribution in [2.24, 2.45) is 0 Å². The maximum Gasteiger partial charge on any atom is 0.336 e. The lowest BCUT2D eigenvalue weighted by molar-refractivity contribution is -0.136. The van der Waals surface area contributed by atoms with Crippen molar-refractivity contribution in [3.05, 3.63) is 58.4 Å². The smallest absolute Gasteiger partial charge is 0.336 e.